The molecular formula is C14H19F2NO2S. The van der Waals surface area contributed by atoms with E-state index in [-0.39, 0.29) is 25.5 Å². The zero-order valence-corrected chi connectivity index (χ0v) is 12.0. The van der Waals surface area contributed by atoms with Crippen LogP contribution in [-0.4, -0.2) is 47.8 Å². The van der Waals surface area contributed by atoms with E-state index < -0.39 is 13.0 Å². The van der Waals surface area contributed by atoms with Crippen molar-refractivity contribution in [3.8, 4) is 0 Å². The number of halogens is 2. The van der Waals surface area contributed by atoms with Crippen LogP contribution in [0.15, 0.2) is 35.2 Å². The fourth-order valence-electron chi connectivity index (χ4n) is 1.69. The topological polar surface area (TPSA) is 40.5 Å². The van der Waals surface area contributed by atoms with Gasteiger partial charge in [0, 0.05) is 17.9 Å². The minimum atomic E-state index is -2.57. The molecule has 0 saturated carbocycles. The number of thioether (sulfide) groups is 1. The molecule has 0 fully saturated rings. The third-order valence-electron chi connectivity index (χ3n) is 2.63. The average Bonchev–Trinajstić information content (AvgIpc) is 2.43. The van der Waals surface area contributed by atoms with Gasteiger partial charge in [-0.05, 0) is 24.3 Å². The van der Waals surface area contributed by atoms with E-state index in [0.717, 1.165) is 15.5 Å². The fraction of sp³-hybridized carbons (Fsp3) is 0.500. The highest BCUT2D eigenvalue weighted by molar-refractivity contribution is 7.99. The van der Waals surface area contributed by atoms with E-state index in [4.69, 9.17) is 5.11 Å². The lowest BCUT2D eigenvalue weighted by Crippen LogP contribution is -2.37. The molecule has 0 atom stereocenters. The third kappa shape index (κ3) is 6.86. The molecule has 0 bridgehead atoms. The lowest BCUT2D eigenvalue weighted by atomic mass is 10.3. The monoisotopic (exact) mass is 303 g/mol. The molecular weight excluding hydrogens is 284 g/mol. The van der Waals surface area contributed by atoms with Gasteiger partial charge in [-0.2, -0.15) is 0 Å². The molecule has 112 valence electrons. The number of nitrogens with zero attached hydrogens (tertiary/aromatic N) is 1. The quantitative estimate of drug-likeness (QED) is 0.563. The van der Waals surface area contributed by atoms with Crippen LogP contribution in [0, 0.1) is 0 Å². The normalized spacial score (nSPS) is 10.8. The van der Waals surface area contributed by atoms with Crippen LogP contribution in [-0.2, 0) is 4.79 Å². The third-order valence-corrected chi connectivity index (χ3v) is 3.73. The van der Waals surface area contributed by atoms with Crippen LogP contribution >= 0.6 is 11.8 Å². The predicted octanol–water partition coefficient (Wildman–Crippen LogP) is 2.64. The first-order valence-corrected chi connectivity index (χ1v) is 7.46. The average molecular weight is 303 g/mol. The van der Waals surface area contributed by atoms with E-state index in [9.17, 15) is 13.6 Å². The van der Waals surface area contributed by atoms with E-state index in [1.54, 1.807) is 11.8 Å². The lowest BCUT2D eigenvalue weighted by Gasteiger charge is -2.21. The summed E-state index contributed by atoms with van der Waals surface area (Å²) in [5.74, 6) is 0.435. The van der Waals surface area contributed by atoms with E-state index in [0.29, 0.717) is 6.42 Å². The smallest absolute Gasteiger partial charge is 0.255 e. The Morgan fingerprint density at radius 1 is 1.30 bits per heavy atom. The molecule has 1 amide bonds. The molecule has 0 aliphatic heterocycles. The summed E-state index contributed by atoms with van der Waals surface area (Å²) in [7, 11) is 0. The zero-order chi connectivity index (χ0) is 14.8. The Kier molecular flexibility index (Phi) is 8.22. The number of aliphatic hydroxyl groups excluding tert-OH is 1. The van der Waals surface area contributed by atoms with Gasteiger partial charge in [0.05, 0.1) is 13.2 Å². The van der Waals surface area contributed by atoms with Gasteiger partial charge < -0.3 is 10.0 Å². The van der Waals surface area contributed by atoms with Crippen molar-refractivity contribution >= 4 is 17.7 Å². The van der Waals surface area contributed by atoms with Crippen LogP contribution in [0.3, 0.4) is 0 Å². The van der Waals surface area contributed by atoms with Gasteiger partial charge in [-0.1, -0.05) is 18.2 Å². The second kappa shape index (κ2) is 9.72. The van der Waals surface area contributed by atoms with Crippen LogP contribution in [0.5, 0.6) is 0 Å². The summed E-state index contributed by atoms with van der Waals surface area (Å²) in [5.41, 5.74) is 0. The number of hydrogen-bond donors (Lipinski definition) is 1. The Hall–Kier alpha value is -1.14. The van der Waals surface area contributed by atoms with Gasteiger partial charge in [-0.3, -0.25) is 4.79 Å². The number of hydrogen-bond acceptors (Lipinski definition) is 3. The van der Waals surface area contributed by atoms with Gasteiger partial charge in [-0.15, -0.1) is 11.8 Å². The first kappa shape index (κ1) is 16.9. The molecule has 0 unspecified atom stereocenters. The Bertz CT molecular complexity index is 390. The van der Waals surface area contributed by atoms with Crippen molar-refractivity contribution in [2.45, 2.75) is 24.2 Å². The fourth-order valence-corrected chi connectivity index (χ4v) is 2.57. The standard InChI is InChI=1S/C14H19F2NO2S/c15-13(16)11-17(8-9-18)14(19)7-4-10-20-12-5-2-1-3-6-12/h1-3,5-6,13,18H,4,7-11H2. The maximum atomic E-state index is 12.3. The molecule has 1 aromatic rings. The van der Waals surface area contributed by atoms with Gasteiger partial charge >= 0.3 is 0 Å². The largest absolute Gasteiger partial charge is 0.395 e. The SMILES string of the molecule is O=C(CCCSc1ccccc1)N(CCO)CC(F)F. The van der Waals surface area contributed by atoms with E-state index in [1.165, 1.54) is 0 Å². The highest BCUT2D eigenvalue weighted by Crippen LogP contribution is 2.18. The molecule has 0 aliphatic carbocycles. The number of aliphatic hydroxyl groups is 1. The number of alkyl halides is 2. The first-order chi connectivity index (χ1) is 9.63. The van der Waals surface area contributed by atoms with Crippen molar-refractivity contribution in [1.82, 2.24) is 4.90 Å². The molecule has 0 radical (unpaired) electrons. The molecule has 20 heavy (non-hydrogen) atoms. The first-order valence-electron chi connectivity index (χ1n) is 6.48. The molecule has 6 heteroatoms. The van der Waals surface area contributed by atoms with Gasteiger partial charge in [0.2, 0.25) is 5.91 Å². The molecule has 1 aromatic carbocycles. The Morgan fingerprint density at radius 3 is 2.60 bits per heavy atom. The summed E-state index contributed by atoms with van der Waals surface area (Å²) >= 11 is 1.63. The van der Waals surface area contributed by atoms with Crippen molar-refractivity contribution in [3.05, 3.63) is 30.3 Å². The molecule has 1 rings (SSSR count). The van der Waals surface area contributed by atoms with Crippen LogP contribution in [0.25, 0.3) is 0 Å². The maximum Gasteiger partial charge on any atom is 0.255 e. The second-order valence-corrected chi connectivity index (χ2v) is 5.39. The summed E-state index contributed by atoms with van der Waals surface area (Å²) in [5, 5.41) is 8.78. The van der Waals surface area contributed by atoms with Gasteiger partial charge in [-0.25, -0.2) is 8.78 Å². The van der Waals surface area contributed by atoms with Crippen LogP contribution in [0.4, 0.5) is 8.78 Å². The molecule has 0 heterocycles. The van der Waals surface area contributed by atoms with Gasteiger partial charge in [0.1, 0.15) is 0 Å². The predicted molar refractivity (Wildman–Crippen MR) is 76.1 cm³/mol. The van der Waals surface area contributed by atoms with Crippen LogP contribution in [0.1, 0.15) is 12.8 Å². The minimum Gasteiger partial charge on any atom is -0.395 e. The number of carbonyl (C=O) groups is 1. The van der Waals surface area contributed by atoms with Crippen LogP contribution < -0.4 is 0 Å². The number of rotatable bonds is 9. The Morgan fingerprint density at radius 2 is 2.00 bits per heavy atom. The van der Waals surface area contributed by atoms with Crippen LogP contribution in [0.2, 0.25) is 0 Å². The summed E-state index contributed by atoms with van der Waals surface area (Å²) < 4.78 is 24.6. The summed E-state index contributed by atoms with van der Waals surface area (Å²) in [6, 6.07) is 9.80. The van der Waals surface area contributed by atoms with Crippen molar-refractivity contribution in [2.24, 2.45) is 0 Å². The Balaban J connectivity index is 2.26. The summed E-state index contributed by atoms with van der Waals surface area (Å²) in [6.07, 6.45) is -1.71. The molecule has 0 spiro atoms. The van der Waals surface area contributed by atoms with Crippen molar-refractivity contribution in [2.75, 3.05) is 25.4 Å². The summed E-state index contributed by atoms with van der Waals surface area (Å²) in [6.45, 7) is -0.933. The summed E-state index contributed by atoms with van der Waals surface area (Å²) in [4.78, 5) is 13.9. The number of carbonyl (C=O) groups excluding carboxylic acids is 1. The molecule has 0 saturated heterocycles. The van der Waals surface area contributed by atoms with E-state index in [2.05, 4.69) is 0 Å². The number of benzene rings is 1. The molecule has 0 aromatic heterocycles. The van der Waals surface area contributed by atoms with Crippen molar-refractivity contribution in [3.63, 3.8) is 0 Å². The molecule has 3 nitrogen and oxygen atoms in total. The van der Waals surface area contributed by atoms with E-state index in [1.807, 2.05) is 30.3 Å². The highest BCUT2D eigenvalue weighted by atomic mass is 32.2. The lowest BCUT2D eigenvalue weighted by molar-refractivity contribution is -0.133. The Labute approximate surface area is 122 Å². The van der Waals surface area contributed by atoms with Crippen molar-refractivity contribution in [1.29, 1.82) is 0 Å². The highest BCUT2D eigenvalue weighted by Gasteiger charge is 2.17. The minimum absolute atomic E-state index is 0.0327. The van der Waals surface area contributed by atoms with Gasteiger partial charge in [0.15, 0.2) is 0 Å². The number of amides is 1. The molecule has 0 aliphatic rings. The maximum absolute atomic E-state index is 12.3. The van der Waals surface area contributed by atoms with Crippen molar-refractivity contribution < 1.29 is 18.7 Å². The van der Waals surface area contributed by atoms with E-state index >= 15 is 0 Å². The van der Waals surface area contributed by atoms with Gasteiger partial charge in [0.25, 0.3) is 6.43 Å². The zero-order valence-electron chi connectivity index (χ0n) is 11.2. The second-order valence-electron chi connectivity index (χ2n) is 4.22. The molecule has 1 N–H and O–H groups in total.